The fraction of sp³-hybridized carbons (Fsp3) is 0.400. The zero-order chi connectivity index (χ0) is 13.3. The van der Waals surface area contributed by atoms with Crippen molar-refractivity contribution < 1.29 is 4.74 Å². The number of aromatic nitrogens is 1. The lowest BCUT2D eigenvalue weighted by Gasteiger charge is -2.07. The molecular weight excluding hydrogens is 256 g/mol. The van der Waals surface area contributed by atoms with Crippen molar-refractivity contribution in [3.8, 4) is 5.88 Å². The van der Waals surface area contributed by atoms with Gasteiger partial charge in [0.1, 0.15) is 0 Å². The van der Waals surface area contributed by atoms with Gasteiger partial charge in [0.2, 0.25) is 5.88 Å². The third-order valence-electron chi connectivity index (χ3n) is 2.73. The summed E-state index contributed by atoms with van der Waals surface area (Å²) in [6.45, 7) is 4.76. The first-order chi connectivity index (χ1) is 9.38. The SMILES string of the molecule is CCCNCc1ccnc(OCCc2cccs2)c1. The van der Waals surface area contributed by atoms with E-state index in [1.165, 1.54) is 10.4 Å². The second-order valence-electron chi connectivity index (χ2n) is 4.36. The molecule has 0 aliphatic rings. The van der Waals surface area contributed by atoms with Gasteiger partial charge >= 0.3 is 0 Å². The highest BCUT2D eigenvalue weighted by molar-refractivity contribution is 7.09. The lowest BCUT2D eigenvalue weighted by atomic mass is 10.2. The molecule has 2 heterocycles. The van der Waals surface area contributed by atoms with Crippen LogP contribution >= 0.6 is 11.3 Å². The Morgan fingerprint density at radius 2 is 2.32 bits per heavy atom. The van der Waals surface area contributed by atoms with Crippen molar-refractivity contribution in [2.75, 3.05) is 13.2 Å². The van der Waals surface area contributed by atoms with Crippen LogP contribution in [0.5, 0.6) is 5.88 Å². The minimum atomic E-state index is 0.680. The van der Waals surface area contributed by atoms with Crippen molar-refractivity contribution in [2.45, 2.75) is 26.3 Å². The normalized spacial score (nSPS) is 10.6. The van der Waals surface area contributed by atoms with Crippen LogP contribution in [0.25, 0.3) is 0 Å². The first-order valence-electron chi connectivity index (χ1n) is 6.69. The van der Waals surface area contributed by atoms with Gasteiger partial charge in [-0.25, -0.2) is 4.98 Å². The number of thiophene rings is 1. The summed E-state index contributed by atoms with van der Waals surface area (Å²) >= 11 is 1.76. The Bertz CT molecular complexity index is 471. The fourth-order valence-electron chi connectivity index (χ4n) is 1.76. The summed E-state index contributed by atoms with van der Waals surface area (Å²) in [6.07, 6.45) is 3.90. The molecule has 4 heteroatoms. The van der Waals surface area contributed by atoms with Gasteiger partial charge in [-0.1, -0.05) is 13.0 Å². The molecule has 0 aliphatic heterocycles. The summed E-state index contributed by atoms with van der Waals surface area (Å²) in [4.78, 5) is 5.59. The van der Waals surface area contributed by atoms with Crippen molar-refractivity contribution in [3.63, 3.8) is 0 Å². The summed E-state index contributed by atoms with van der Waals surface area (Å²) in [5.74, 6) is 0.715. The smallest absolute Gasteiger partial charge is 0.213 e. The van der Waals surface area contributed by atoms with E-state index in [-0.39, 0.29) is 0 Å². The Labute approximate surface area is 118 Å². The molecule has 0 unspecified atom stereocenters. The van der Waals surface area contributed by atoms with Gasteiger partial charge in [-0.2, -0.15) is 0 Å². The zero-order valence-corrected chi connectivity index (χ0v) is 12.1. The Morgan fingerprint density at radius 1 is 1.37 bits per heavy atom. The van der Waals surface area contributed by atoms with Gasteiger partial charge < -0.3 is 10.1 Å². The monoisotopic (exact) mass is 276 g/mol. The number of hydrogen-bond donors (Lipinski definition) is 1. The number of pyridine rings is 1. The topological polar surface area (TPSA) is 34.2 Å². The van der Waals surface area contributed by atoms with E-state index >= 15 is 0 Å². The van der Waals surface area contributed by atoms with E-state index in [4.69, 9.17) is 4.74 Å². The minimum absolute atomic E-state index is 0.680. The fourth-order valence-corrected chi connectivity index (χ4v) is 2.45. The van der Waals surface area contributed by atoms with Crippen LogP contribution in [0, 0.1) is 0 Å². The molecule has 3 nitrogen and oxygen atoms in total. The Hall–Kier alpha value is -1.39. The van der Waals surface area contributed by atoms with Crippen LogP contribution in [-0.4, -0.2) is 18.1 Å². The van der Waals surface area contributed by atoms with E-state index in [1.54, 1.807) is 11.3 Å². The minimum Gasteiger partial charge on any atom is -0.477 e. The Balaban J connectivity index is 1.78. The molecule has 0 spiro atoms. The van der Waals surface area contributed by atoms with E-state index in [2.05, 4.69) is 34.7 Å². The molecule has 0 saturated heterocycles. The van der Waals surface area contributed by atoms with E-state index in [0.29, 0.717) is 12.5 Å². The third-order valence-corrected chi connectivity index (χ3v) is 3.67. The van der Waals surface area contributed by atoms with Gasteiger partial charge in [0.25, 0.3) is 0 Å². The largest absolute Gasteiger partial charge is 0.477 e. The molecule has 0 radical (unpaired) electrons. The maximum Gasteiger partial charge on any atom is 0.213 e. The van der Waals surface area contributed by atoms with E-state index in [1.807, 2.05) is 18.3 Å². The van der Waals surface area contributed by atoms with E-state index < -0.39 is 0 Å². The highest BCUT2D eigenvalue weighted by Gasteiger charge is 1.99. The number of ether oxygens (including phenoxy) is 1. The second kappa shape index (κ2) is 7.92. The molecule has 0 saturated carbocycles. The number of hydrogen-bond acceptors (Lipinski definition) is 4. The third kappa shape index (κ3) is 5.01. The second-order valence-corrected chi connectivity index (χ2v) is 5.39. The van der Waals surface area contributed by atoms with Gasteiger partial charge in [-0.15, -0.1) is 11.3 Å². The summed E-state index contributed by atoms with van der Waals surface area (Å²) in [5, 5.41) is 5.47. The maximum atomic E-state index is 5.69. The molecule has 0 bridgehead atoms. The van der Waals surface area contributed by atoms with Crippen LogP contribution in [0.4, 0.5) is 0 Å². The van der Waals surface area contributed by atoms with Gasteiger partial charge in [0, 0.05) is 30.1 Å². The Morgan fingerprint density at radius 3 is 3.11 bits per heavy atom. The highest BCUT2D eigenvalue weighted by atomic mass is 32.1. The van der Waals surface area contributed by atoms with Crippen LogP contribution in [0.15, 0.2) is 35.8 Å². The van der Waals surface area contributed by atoms with Crippen LogP contribution in [-0.2, 0) is 13.0 Å². The van der Waals surface area contributed by atoms with Crippen LogP contribution < -0.4 is 10.1 Å². The molecule has 0 atom stereocenters. The van der Waals surface area contributed by atoms with Crippen molar-refractivity contribution in [3.05, 3.63) is 46.3 Å². The molecule has 19 heavy (non-hydrogen) atoms. The van der Waals surface area contributed by atoms with Crippen LogP contribution in [0.3, 0.4) is 0 Å². The highest BCUT2D eigenvalue weighted by Crippen LogP contribution is 2.12. The average molecular weight is 276 g/mol. The molecule has 102 valence electrons. The van der Waals surface area contributed by atoms with Gasteiger partial charge in [-0.3, -0.25) is 0 Å². The molecule has 0 aromatic carbocycles. The van der Waals surface area contributed by atoms with Crippen molar-refractivity contribution in [2.24, 2.45) is 0 Å². The molecule has 2 aromatic rings. The summed E-state index contributed by atoms with van der Waals surface area (Å²) < 4.78 is 5.69. The van der Waals surface area contributed by atoms with E-state index in [9.17, 15) is 0 Å². The lowest BCUT2D eigenvalue weighted by molar-refractivity contribution is 0.310. The molecule has 2 rings (SSSR count). The summed E-state index contributed by atoms with van der Waals surface area (Å²) in [5.41, 5.74) is 1.22. The quantitative estimate of drug-likeness (QED) is 0.751. The van der Waals surface area contributed by atoms with Crippen LogP contribution in [0.2, 0.25) is 0 Å². The van der Waals surface area contributed by atoms with Crippen LogP contribution in [0.1, 0.15) is 23.8 Å². The summed E-state index contributed by atoms with van der Waals surface area (Å²) in [6, 6.07) is 8.23. The Kier molecular flexibility index (Phi) is 5.85. The predicted octanol–water partition coefficient (Wildman–Crippen LogP) is 3.26. The molecule has 0 amide bonds. The van der Waals surface area contributed by atoms with Gasteiger partial charge in [0.05, 0.1) is 6.61 Å². The number of nitrogens with zero attached hydrogens (tertiary/aromatic N) is 1. The molecule has 2 aromatic heterocycles. The first-order valence-corrected chi connectivity index (χ1v) is 7.57. The molecular formula is C15H20N2OS. The predicted molar refractivity (Wildman–Crippen MR) is 79.8 cm³/mol. The molecule has 0 aliphatic carbocycles. The van der Waals surface area contributed by atoms with Crippen molar-refractivity contribution in [1.29, 1.82) is 0 Å². The van der Waals surface area contributed by atoms with Gasteiger partial charge in [-0.05, 0) is 36.0 Å². The van der Waals surface area contributed by atoms with E-state index in [0.717, 1.165) is 25.9 Å². The number of rotatable bonds is 8. The van der Waals surface area contributed by atoms with Crippen molar-refractivity contribution in [1.82, 2.24) is 10.3 Å². The zero-order valence-electron chi connectivity index (χ0n) is 11.3. The first kappa shape index (κ1) is 14.0. The summed E-state index contributed by atoms with van der Waals surface area (Å²) in [7, 11) is 0. The molecule has 1 N–H and O–H groups in total. The molecule has 0 fully saturated rings. The van der Waals surface area contributed by atoms with Gasteiger partial charge in [0.15, 0.2) is 0 Å². The lowest BCUT2D eigenvalue weighted by Crippen LogP contribution is -2.14. The number of nitrogens with one attached hydrogen (secondary N) is 1. The van der Waals surface area contributed by atoms with Crippen molar-refractivity contribution >= 4 is 11.3 Å². The maximum absolute atomic E-state index is 5.69. The average Bonchev–Trinajstić information content (AvgIpc) is 2.93. The standard InChI is InChI=1S/C15H20N2OS/c1-2-7-16-12-13-5-8-17-15(11-13)18-9-6-14-4-3-10-19-14/h3-5,8,10-11,16H,2,6-7,9,12H2,1H3.